The number of carbonyl (C=O) groups excluding carboxylic acids is 2. The third-order valence-electron chi connectivity index (χ3n) is 17.4. The van der Waals surface area contributed by atoms with Crippen molar-refractivity contribution >= 4 is 56.3 Å². The van der Waals surface area contributed by atoms with Crippen LogP contribution in [-0.2, 0) is 16.0 Å². The van der Waals surface area contributed by atoms with Crippen LogP contribution < -0.4 is 19.9 Å². The minimum Gasteiger partial charge on any atom is -0.508 e. The lowest BCUT2D eigenvalue weighted by molar-refractivity contribution is -0.141. The van der Waals surface area contributed by atoms with E-state index < -0.39 is 29.7 Å². The second-order valence-corrected chi connectivity index (χ2v) is 24.2. The first-order chi connectivity index (χ1) is 39.7. The number of pyridine rings is 2. The molecule has 2 amide bonds. The van der Waals surface area contributed by atoms with E-state index in [1.54, 1.807) is 17.5 Å². The highest BCUT2D eigenvalue weighted by molar-refractivity contribution is 7.13. The van der Waals surface area contributed by atoms with Crippen LogP contribution in [0.3, 0.4) is 0 Å². The molecule has 0 aliphatic carbocycles. The quantitative estimate of drug-likeness (QED) is 0.0736. The minimum absolute atomic E-state index is 0.0334. The third kappa shape index (κ3) is 11.5. The number of nitrogens with one attached hydrogen (secondary N) is 1. The van der Waals surface area contributed by atoms with Gasteiger partial charge in [-0.2, -0.15) is 0 Å². The SMILES string of the molecule is C#Cc1c(F)ccc2cc(O)cc(-c3ncc4c(N5CCCCCC5)c(CC)c(OCCN5CCC(CC6CN(c7cc([C@H](C(=O)N8C[C@H](O)C[C@H]8C(=O)N[C@@H](C)c8ccc(-c9scnc9C)cc8)C(C)C)on7)C6)CC5)nc4c3F)c12. The molecule has 3 aromatic carbocycles. The average molecular weight is 1130 g/mol. The van der Waals surface area contributed by atoms with Crippen molar-refractivity contribution in [1.82, 2.24) is 35.2 Å². The van der Waals surface area contributed by atoms with Crippen molar-refractivity contribution in [3.8, 4) is 45.7 Å². The number of likely N-dealkylation sites (tertiary alicyclic amines) is 2. The number of aliphatic hydroxyl groups excluding tert-OH is 1. The number of halogens is 2. The van der Waals surface area contributed by atoms with Gasteiger partial charge in [0.05, 0.1) is 39.5 Å². The molecule has 18 heteroatoms. The van der Waals surface area contributed by atoms with Gasteiger partial charge in [-0.3, -0.25) is 19.5 Å². The van der Waals surface area contributed by atoms with Gasteiger partial charge in [-0.15, -0.1) is 17.8 Å². The Balaban J connectivity index is 0.694. The fraction of sp³-hybridized carbons (Fsp3) is 0.469. The van der Waals surface area contributed by atoms with Crippen molar-refractivity contribution in [3.63, 3.8) is 0 Å². The Hall–Kier alpha value is -7.20. The molecule has 7 aromatic rings. The lowest BCUT2D eigenvalue weighted by Crippen LogP contribution is -2.48. The number of piperidine rings is 1. The van der Waals surface area contributed by atoms with Gasteiger partial charge in [-0.25, -0.2) is 18.7 Å². The van der Waals surface area contributed by atoms with Crippen molar-refractivity contribution in [1.29, 1.82) is 0 Å². The minimum atomic E-state index is -0.824. The maximum absolute atomic E-state index is 17.3. The van der Waals surface area contributed by atoms with E-state index in [-0.39, 0.29) is 64.8 Å². The molecule has 15 nitrogen and oxygen atoms in total. The van der Waals surface area contributed by atoms with Crippen LogP contribution in [0, 0.1) is 48.7 Å². The Labute approximate surface area is 482 Å². The number of phenolic OH excluding ortho intramolecular Hbond substituents is 1. The topological polar surface area (TPSA) is 174 Å². The summed E-state index contributed by atoms with van der Waals surface area (Å²) in [5, 5.41) is 30.4. The highest BCUT2D eigenvalue weighted by Gasteiger charge is 2.44. The number of hydrogen-bond donors (Lipinski definition) is 3. The summed E-state index contributed by atoms with van der Waals surface area (Å²) in [5.41, 5.74) is 6.77. The second kappa shape index (κ2) is 24.3. The molecule has 4 aliphatic rings. The standard InChI is InChI=1S/C64H73F2N9O6S/c1-7-47-51(65)18-17-44-28-45(76)29-49(56(44)47)58-57(66)59-50(32-67-58)60(73-21-11-9-10-12-22-73)48(8-2)63(70-59)80-26-25-72-23-19-40(20-24-72)27-41-33-74(34-41)54-31-53(81-71-54)55(37(3)4)64(79)75-35-46(77)30-52(75)62(78)69-38(5)42-13-15-43(16-14-42)61-39(6)68-36-82-61/h1,13-18,28-29,31-32,36-38,40-41,46,52,55,76-77H,8-12,19-27,30,33-35H2,2-6H3,(H,69,78)/t38-,46+,52-,55+/m0/s1. The predicted molar refractivity (Wildman–Crippen MR) is 316 cm³/mol. The normalized spacial score (nSPS) is 19.1. The molecule has 4 fully saturated rings. The maximum atomic E-state index is 17.3. The molecule has 8 heterocycles. The number of fused-ring (bicyclic) bond motifs is 2. The number of nitrogens with zero attached hydrogens (tertiary/aromatic N) is 8. The van der Waals surface area contributed by atoms with E-state index in [0.29, 0.717) is 65.0 Å². The Morgan fingerprint density at radius 2 is 1.71 bits per heavy atom. The highest BCUT2D eigenvalue weighted by atomic mass is 32.1. The number of anilines is 2. The van der Waals surface area contributed by atoms with Gasteiger partial charge in [0.15, 0.2) is 17.4 Å². The summed E-state index contributed by atoms with van der Waals surface area (Å²) in [6.45, 7) is 16.2. The number of phenols is 1. The summed E-state index contributed by atoms with van der Waals surface area (Å²) in [5.74, 6) is 2.21. The molecule has 4 atom stereocenters. The summed E-state index contributed by atoms with van der Waals surface area (Å²) in [6, 6.07) is 14.4. The van der Waals surface area contributed by atoms with Gasteiger partial charge >= 0.3 is 0 Å². The van der Waals surface area contributed by atoms with Crippen LogP contribution in [0.25, 0.3) is 43.4 Å². The predicted octanol–water partition coefficient (Wildman–Crippen LogP) is 11.0. The van der Waals surface area contributed by atoms with Crippen LogP contribution in [0.5, 0.6) is 11.6 Å². The van der Waals surface area contributed by atoms with Crippen LogP contribution in [-0.4, -0.2) is 123 Å². The van der Waals surface area contributed by atoms with E-state index >= 15 is 8.78 Å². The number of rotatable bonds is 17. The molecule has 82 heavy (non-hydrogen) atoms. The van der Waals surface area contributed by atoms with Crippen LogP contribution in [0.1, 0.15) is 119 Å². The Morgan fingerprint density at radius 3 is 2.40 bits per heavy atom. The number of aromatic hydroxyl groups is 1. The number of aryl methyl sites for hydroxylation is 1. The molecule has 4 aromatic heterocycles. The van der Waals surface area contributed by atoms with E-state index in [1.807, 2.05) is 63.5 Å². The summed E-state index contributed by atoms with van der Waals surface area (Å²) in [4.78, 5) is 51.8. The van der Waals surface area contributed by atoms with E-state index in [2.05, 4.69) is 48.0 Å². The van der Waals surface area contributed by atoms with E-state index in [9.17, 15) is 19.8 Å². The van der Waals surface area contributed by atoms with Gasteiger partial charge in [0.25, 0.3) is 0 Å². The maximum Gasteiger partial charge on any atom is 0.243 e. The summed E-state index contributed by atoms with van der Waals surface area (Å²) < 4.78 is 44.9. The Bertz CT molecular complexity index is 3510. The molecular weight excluding hydrogens is 1060 g/mol. The van der Waals surface area contributed by atoms with Gasteiger partial charge in [0, 0.05) is 79.9 Å². The lowest BCUT2D eigenvalue weighted by atomic mass is 9.83. The Morgan fingerprint density at radius 1 is 0.951 bits per heavy atom. The summed E-state index contributed by atoms with van der Waals surface area (Å²) in [6.07, 6.45) is 14.9. The number of amides is 2. The lowest BCUT2D eigenvalue weighted by Gasteiger charge is -2.42. The van der Waals surface area contributed by atoms with Gasteiger partial charge in [-0.05, 0) is 118 Å². The first-order valence-electron chi connectivity index (χ1n) is 29.2. The number of aliphatic hydroxyl groups is 1. The zero-order valence-corrected chi connectivity index (χ0v) is 48.3. The molecule has 0 radical (unpaired) electrons. The van der Waals surface area contributed by atoms with E-state index in [4.69, 9.17) is 20.7 Å². The summed E-state index contributed by atoms with van der Waals surface area (Å²) >= 11 is 1.59. The first kappa shape index (κ1) is 56.7. The van der Waals surface area contributed by atoms with Crippen LogP contribution >= 0.6 is 11.3 Å². The number of benzene rings is 3. The molecule has 430 valence electrons. The Kier molecular flexibility index (Phi) is 16.8. The molecule has 4 saturated heterocycles. The fourth-order valence-corrected chi connectivity index (χ4v) is 13.8. The van der Waals surface area contributed by atoms with Crippen LogP contribution in [0.2, 0.25) is 0 Å². The van der Waals surface area contributed by atoms with Crippen LogP contribution in [0.4, 0.5) is 20.3 Å². The van der Waals surface area contributed by atoms with Gasteiger partial charge in [0.1, 0.15) is 41.3 Å². The van der Waals surface area contributed by atoms with Crippen molar-refractivity contribution in [2.24, 2.45) is 17.8 Å². The molecular formula is C64H73F2N9O6S. The molecule has 0 saturated carbocycles. The molecule has 3 N–H and O–H groups in total. The van der Waals surface area contributed by atoms with Crippen molar-refractivity contribution in [3.05, 3.63) is 106 Å². The zero-order valence-electron chi connectivity index (χ0n) is 47.5. The van der Waals surface area contributed by atoms with Gasteiger partial charge in [0.2, 0.25) is 17.7 Å². The number of aromatic nitrogens is 4. The van der Waals surface area contributed by atoms with Crippen molar-refractivity contribution < 1.29 is 37.8 Å². The van der Waals surface area contributed by atoms with E-state index in [1.165, 1.54) is 29.2 Å². The fourth-order valence-electron chi connectivity index (χ4n) is 13.0. The first-order valence-corrected chi connectivity index (χ1v) is 30.1. The van der Waals surface area contributed by atoms with Gasteiger partial charge in [-0.1, -0.05) is 75.0 Å². The number of thiazole rings is 1. The molecule has 0 spiro atoms. The highest BCUT2D eigenvalue weighted by Crippen LogP contribution is 2.43. The zero-order chi connectivity index (χ0) is 57.3. The van der Waals surface area contributed by atoms with Gasteiger partial charge < -0.3 is 39.5 Å². The van der Waals surface area contributed by atoms with Crippen LogP contribution in [0.15, 0.2) is 70.8 Å². The molecule has 11 rings (SSSR count). The number of ether oxygens (including phenoxy) is 1. The number of carbonyl (C=O) groups is 2. The van der Waals surface area contributed by atoms with E-state index in [0.717, 1.165) is 117 Å². The van der Waals surface area contributed by atoms with Crippen molar-refractivity contribution in [2.45, 2.75) is 117 Å². The number of β-amino-alcohol motifs (C(OH)–C–C–N with tert-alkyl or cyclic N) is 1. The number of hydrogen-bond acceptors (Lipinski definition) is 14. The largest absolute Gasteiger partial charge is 0.508 e. The molecule has 4 aliphatic heterocycles. The number of terminal acetylenes is 1. The summed E-state index contributed by atoms with van der Waals surface area (Å²) in [7, 11) is 0. The smallest absolute Gasteiger partial charge is 0.243 e. The molecule has 0 unspecified atom stereocenters. The second-order valence-electron chi connectivity index (χ2n) is 23.3. The van der Waals surface area contributed by atoms with Crippen molar-refractivity contribution in [2.75, 3.05) is 68.8 Å². The third-order valence-corrected chi connectivity index (χ3v) is 18.4. The molecule has 0 bridgehead atoms. The monoisotopic (exact) mass is 1130 g/mol. The average Bonchev–Trinajstić information content (AvgIpc) is 3.58.